The van der Waals surface area contributed by atoms with Gasteiger partial charge in [0.25, 0.3) is 0 Å². The van der Waals surface area contributed by atoms with E-state index >= 15 is 0 Å². The topological polar surface area (TPSA) is 35.8 Å². The van der Waals surface area contributed by atoms with Crippen molar-refractivity contribution in [1.82, 2.24) is 0 Å². The zero-order valence-corrected chi connectivity index (χ0v) is 17.2. The van der Waals surface area contributed by atoms with Gasteiger partial charge in [-0.3, -0.25) is 4.99 Å². The molecule has 0 saturated heterocycles. The maximum absolute atomic E-state index is 7.00. The molecule has 0 radical (unpaired) electrons. The molecule has 0 fully saturated rings. The molecule has 0 aliphatic rings. The van der Waals surface area contributed by atoms with E-state index in [2.05, 4.69) is 79.2 Å². The van der Waals surface area contributed by atoms with Crippen molar-refractivity contribution in [2.24, 2.45) is 4.99 Å². The van der Waals surface area contributed by atoms with Gasteiger partial charge in [-0.05, 0) is 50.1 Å². The monoisotopic (exact) mass is 374 g/mol. The molecule has 0 amide bonds. The van der Waals surface area contributed by atoms with E-state index in [4.69, 9.17) is 5.11 Å². The summed E-state index contributed by atoms with van der Waals surface area (Å²) in [6.07, 6.45) is 3.05. The Morgan fingerprint density at radius 3 is 2.11 bits per heavy atom. The molecule has 1 N–H and O–H groups in total. The molecule has 1 unspecified atom stereocenters. The molecule has 0 aliphatic carbocycles. The molecule has 146 valence electrons. The second-order valence-electron chi connectivity index (χ2n) is 6.57. The van der Waals surface area contributed by atoms with E-state index in [1.807, 2.05) is 36.5 Å². The van der Waals surface area contributed by atoms with E-state index < -0.39 is 0 Å². The molecule has 0 saturated carbocycles. The lowest BCUT2D eigenvalue weighted by molar-refractivity contribution is 0.399. The lowest BCUT2D eigenvalue weighted by Gasteiger charge is -2.33. The van der Waals surface area contributed by atoms with Crippen molar-refractivity contribution in [3.63, 3.8) is 0 Å². The molecule has 0 spiro atoms. The number of anilines is 2. The van der Waals surface area contributed by atoms with Gasteiger partial charge in [0.2, 0.25) is 0 Å². The number of rotatable bonds is 6. The standard InChI is InChI=1S/C24H26N2.CH4O/c1-4-20(3)26(23-16-9-6-10-17-23)24-19(2)12-11-13-21(24)18-25-22-14-7-5-8-15-22;1-2/h5-18,20H,4H2,1-3H3;2H,1H3. The first kappa shape index (κ1) is 21.4. The molecule has 3 heteroatoms. The van der Waals surface area contributed by atoms with Crippen LogP contribution in [0.3, 0.4) is 0 Å². The van der Waals surface area contributed by atoms with Gasteiger partial charge in [-0.1, -0.05) is 61.5 Å². The maximum Gasteiger partial charge on any atom is 0.0629 e. The van der Waals surface area contributed by atoms with Crippen LogP contribution < -0.4 is 4.90 Å². The van der Waals surface area contributed by atoms with Crippen molar-refractivity contribution in [2.75, 3.05) is 12.0 Å². The van der Waals surface area contributed by atoms with Gasteiger partial charge in [-0.2, -0.15) is 0 Å². The minimum Gasteiger partial charge on any atom is -0.400 e. The molecular weight excluding hydrogens is 344 g/mol. The van der Waals surface area contributed by atoms with Gasteiger partial charge in [-0.25, -0.2) is 0 Å². The van der Waals surface area contributed by atoms with Crippen molar-refractivity contribution in [2.45, 2.75) is 33.2 Å². The Morgan fingerprint density at radius 1 is 0.893 bits per heavy atom. The van der Waals surface area contributed by atoms with Gasteiger partial charge in [0.15, 0.2) is 0 Å². The van der Waals surface area contributed by atoms with E-state index in [1.165, 1.54) is 16.9 Å². The molecule has 28 heavy (non-hydrogen) atoms. The summed E-state index contributed by atoms with van der Waals surface area (Å²) in [5.74, 6) is 0. The van der Waals surface area contributed by atoms with Crippen LogP contribution in [0.2, 0.25) is 0 Å². The SMILES string of the molecule is CCC(C)N(c1ccccc1)c1c(C)cccc1C=Nc1ccccc1.CO. The Hall–Kier alpha value is -2.91. The quantitative estimate of drug-likeness (QED) is 0.515. The molecular formula is C25H30N2O. The van der Waals surface area contributed by atoms with Crippen LogP contribution in [-0.4, -0.2) is 24.5 Å². The molecule has 3 rings (SSSR count). The zero-order chi connectivity index (χ0) is 20.4. The second kappa shape index (κ2) is 11.1. The third kappa shape index (κ3) is 5.30. The molecule has 0 aromatic heterocycles. The second-order valence-corrected chi connectivity index (χ2v) is 6.57. The predicted octanol–water partition coefficient (Wildman–Crippen LogP) is 6.29. The molecule has 3 nitrogen and oxygen atoms in total. The smallest absolute Gasteiger partial charge is 0.0629 e. The summed E-state index contributed by atoms with van der Waals surface area (Å²) in [4.78, 5) is 7.12. The number of aliphatic hydroxyl groups is 1. The Morgan fingerprint density at radius 2 is 1.50 bits per heavy atom. The minimum absolute atomic E-state index is 0.391. The van der Waals surface area contributed by atoms with Gasteiger partial charge >= 0.3 is 0 Å². The molecule has 3 aromatic rings. The van der Waals surface area contributed by atoms with E-state index in [0.29, 0.717) is 6.04 Å². The van der Waals surface area contributed by atoms with Crippen LogP contribution in [0.5, 0.6) is 0 Å². The Balaban J connectivity index is 0.00000136. The summed E-state index contributed by atoms with van der Waals surface area (Å²) in [5, 5.41) is 7.00. The zero-order valence-electron chi connectivity index (χ0n) is 17.2. The molecule has 3 aromatic carbocycles. The average Bonchev–Trinajstić information content (AvgIpc) is 2.76. The van der Waals surface area contributed by atoms with Crippen LogP contribution in [-0.2, 0) is 0 Å². The Bertz CT molecular complexity index is 860. The normalized spacial score (nSPS) is 11.6. The summed E-state index contributed by atoms with van der Waals surface area (Å²) in [6.45, 7) is 6.68. The fourth-order valence-corrected chi connectivity index (χ4v) is 3.15. The molecule has 0 aliphatic heterocycles. The van der Waals surface area contributed by atoms with Crippen LogP contribution in [0, 0.1) is 6.92 Å². The van der Waals surface area contributed by atoms with Gasteiger partial charge < -0.3 is 10.0 Å². The first-order chi connectivity index (χ1) is 13.7. The van der Waals surface area contributed by atoms with Crippen molar-refractivity contribution in [1.29, 1.82) is 0 Å². The van der Waals surface area contributed by atoms with Gasteiger partial charge in [-0.15, -0.1) is 0 Å². The number of aliphatic imine (C=N–C) groups is 1. The first-order valence-electron chi connectivity index (χ1n) is 9.68. The highest BCUT2D eigenvalue weighted by Crippen LogP contribution is 2.34. The van der Waals surface area contributed by atoms with Crippen LogP contribution in [0.1, 0.15) is 31.4 Å². The van der Waals surface area contributed by atoms with E-state index in [0.717, 1.165) is 24.8 Å². The number of aliphatic hydroxyl groups excluding tert-OH is 1. The highest BCUT2D eigenvalue weighted by atomic mass is 16.2. The van der Waals surface area contributed by atoms with Crippen LogP contribution in [0.15, 0.2) is 83.9 Å². The molecule has 0 bridgehead atoms. The summed E-state index contributed by atoms with van der Waals surface area (Å²) in [6, 6.07) is 27.5. The third-order valence-corrected chi connectivity index (χ3v) is 4.68. The number of hydrogen-bond donors (Lipinski definition) is 1. The number of aryl methyl sites for hydroxylation is 1. The number of benzene rings is 3. The van der Waals surface area contributed by atoms with Crippen molar-refractivity contribution < 1.29 is 5.11 Å². The summed E-state index contributed by atoms with van der Waals surface area (Å²) in [7, 11) is 1.00. The van der Waals surface area contributed by atoms with Gasteiger partial charge in [0.1, 0.15) is 0 Å². The first-order valence-corrected chi connectivity index (χ1v) is 9.68. The van der Waals surface area contributed by atoms with Crippen LogP contribution in [0.4, 0.5) is 17.1 Å². The van der Waals surface area contributed by atoms with E-state index in [9.17, 15) is 0 Å². The van der Waals surface area contributed by atoms with Crippen molar-refractivity contribution in [3.8, 4) is 0 Å². The maximum atomic E-state index is 7.00. The highest BCUT2D eigenvalue weighted by molar-refractivity contribution is 5.92. The van der Waals surface area contributed by atoms with Gasteiger partial charge in [0, 0.05) is 30.6 Å². The number of para-hydroxylation sites is 3. The van der Waals surface area contributed by atoms with E-state index in [-0.39, 0.29) is 0 Å². The summed E-state index contributed by atoms with van der Waals surface area (Å²) >= 11 is 0. The lowest BCUT2D eigenvalue weighted by atomic mass is 10.0. The summed E-state index contributed by atoms with van der Waals surface area (Å²) in [5.41, 5.74) is 5.80. The molecule has 1 atom stereocenters. The van der Waals surface area contributed by atoms with Crippen LogP contribution in [0.25, 0.3) is 0 Å². The third-order valence-electron chi connectivity index (χ3n) is 4.68. The van der Waals surface area contributed by atoms with Crippen molar-refractivity contribution >= 4 is 23.3 Å². The van der Waals surface area contributed by atoms with Crippen LogP contribution >= 0.6 is 0 Å². The lowest BCUT2D eigenvalue weighted by Crippen LogP contribution is -2.29. The van der Waals surface area contributed by atoms with Gasteiger partial charge in [0.05, 0.1) is 11.4 Å². The highest BCUT2D eigenvalue weighted by Gasteiger charge is 2.19. The summed E-state index contributed by atoms with van der Waals surface area (Å²) < 4.78 is 0. The Kier molecular flexibility index (Phi) is 8.44. The Labute approximate surface area is 169 Å². The average molecular weight is 375 g/mol. The fraction of sp³-hybridized carbons (Fsp3) is 0.240. The largest absolute Gasteiger partial charge is 0.400 e. The predicted molar refractivity (Wildman–Crippen MR) is 121 cm³/mol. The number of nitrogens with zero attached hydrogens (tertiary/aromatic N) is 2. The fourth-order valence-electron chi connectivity index (χ4n) is 3.15. The van der Waals surface area contributed by atoms with Crippen molar-refractivity contribution in [3.05, 3.63) is 90.0 Å². The van der Waals surface area contributed by atoms with E-state index in [1.54, 1.807) is 0 Å². The minimum atomic E-state index is 0.391. The number of hydrogen-bond acceptors (Lipinski definition) is 3. The molecule has 0 heterocycles.